The highest BCUT2D eigenvalue weighted by Crippen LogP contribution is 2.37. The number of benzene rings is 1. The summed E-state index contributed by atoms with van der Waals surface area (Å²) in [6, 6.07) is 8.57. The molecule has 1 atom stereocenters. The van der Waals surface area contributed by atoms with Crippen LogP contribution in [0.5, 0.6) is 0 Å². The molecule has 1 aliphatic rings. The van der Waals surface area contributed by atoms with E-state index >= 15 is 4.39 Å². The molecule has 100 valence electrons. The van der Waals surface area contributed by atoms with E-state index in [1.54, 1.807) is 42.5 Å². The van der Waals surface area contributed by atoms with Gasteiger partial charge in [-0.25, -0.2) is 14.2 Å². The highest BCUT2D eigenvalue weighted by Gasteiger charge is 2.33. The van der Waals surface area contributed by atoms with E-state index in [1.165, 1.54) is 12.1 Å². The Balaban J connectivity index is 2.30. The van der Waals surface area contributed by atoms with Gasteiger partial charge in [-0.2, -0.15) is 0 Å². The van der Waals surface area contributed by atoms with Crippen molar-refractivity contribution in [1.29, 1.82) is 0 Å². The highest BCUT2D eigenvalue weighted by atomic mass is 19.1. The maximum atomic E-state index is 15.1. The highest BCUT2D eigenvalue weighted by molar-refractivity contribution is 5.93. The molecule has 2 aromatic rings. The van der Waals surface area contributed by atoms with Gasteiger partial charge in [0.25, 0.3) is 0 Å². The molecule has 0 saturated carbocycles. The fourth-order valence-electron chi connectivity index (χ4n) is 2.39. The average Bonchev–Trinajstić information content (AvgIpc) is 2.46. The van der Waals surface area contributed by atoms with Gasteiger partial charge in [0.05, 0.1) is 5.69 Å². The van der Waals surface area contributed by atoms with Crippen LogP contribution >= 0.6 is 0 Å². The standard InChI is InChI=1S/C16H12FNO2/c17-16(8-4-1-5-9-16)14-12-7-3-2-6-11(12)10-13(18-14)15(19)20/h1-8,10H,9H2,(H,19,20). The number of carbonyl (C=O) groups is 1. The number of aromatic carboxylic acids is 1. The first-order valence-electron chi connectivity index (χ1n) is 6.27. The van der Waals surface area contributed by atoms with Crippen LogP contribution in [0.2, 0.25) is 0 Å². The molecule has 20 heavy (non-hydrogen) atoms. The van der Waals surface area contributed by atoms with Crippen molar-refractivity contribution in [2.75, 3.05) is 0 Å². The molecular formula is C16H12FNO2. The van der Waals surface area contributed by atoms with Crippen LogP contribution in [0.25, 0.3) is 10.8 Å². The van der Waals surface area contributed by atoms with E-state index in [2.05, 4.69) is 4.98 Å². The predicted molar refractivity (Wildman–Crippen MR) is 74.4 cm³/mol. The maximum absolute atomic E-state index is 15.1. The molecule has 0 aliphatic heterocycles. The minimum Gasteiger partial charge on any atom is -0.477 e. The number of nitrogens with zero attached hydrogens (tertiary/aromatic N) is 1. The Kier molecular flexibility index (Phi) is 2.86. The van der Waals surface area contributed by atoms with Crippen molar-refractivity contribution in [3.05, 3.63) is 66.0 Å². The first-order valence-corrected chi connectivity index (χ1v) is 6.27. The second-order valence-electron chi connectivity index (χ2n) is 4.74. The first-order chi connectivity index (χ1) is 9.60. The number of rotatable bonds is 2. The second kappa shape index (κ2) is 4.56. The zero-order valence-corrected chi connectivity index (χ0v) is 10.6. The third-order valence-corrected chi connectivity index (χ3v) is 3.38. The van der Waals surface area contributed by atoms with E-state index in [0.29, 0.717) is 10.8 Å². The van der Waals surface area contributed by atoms with Crippen molar-refractivity contribution in [3.8, 4) is 0 Å². The molecule has 1 N–H and O–H groups in total. The Morgan fingerprint density at radius 3 is 2.80 bits per heavy atom. The van der Waals surface area contributed by atoms with Gasteiger partial charge < -0.3 is 5.11 Å². The lowest BCUT2D eigenvalue weighted by molar-refractivity contribution is 0.0689. The van der Waals surface area contributed by atoms with E-state index in [9.17, 15) is 4.79 Å². The minimum absolute atomic E-state index is 0.140. The van der Waals surface area contributed by atoms with E-state index in [4.69, 9.17) is 5.11 Å². The van der Waals surface area contributed by atoms with Crippen molar-refractivity contribution < 1.29 is 14.3 Å². The van der Waals surface area contributed by atoms with E-state index in [0.717, 1.165) is 0 Å². The quantitative estimate of drug-likeness (QED) is 0.906. The van der Waals surface area contributed by atoms with Gasteiger partial charge in [-0.3, -0.25) is 0 Å². The van der Waals surface area contributed by atoms with Crippen molar-refractivity contribution >= 4 is 16.7 Å². The molecule has 3 nitrogen and oxygen atoms in total. The molecular weight excluding hydrogens is 257 g/mol. The second-order valence-corrected chi connectivity index (χ2v) is 4.74. The van der Waals surface area contributed by atoms with E-state index in [-0.39, 0.29) is 17.8 Å². The molecule has 0 radical (unpaired) electrons. The average molecular weight is 269 g/mol. The predicted octanol–water partition coefficient (Wildman–Crippen LogP) is 3.61. The monoisotopic (exact) mass is 269 g/mol. The van der Waals surface area contributed by atoms with Crippen LogP contribution in [0.15, 0.2) is 54.6 Å². The molecule has 3 rings (SSSR count). The minimum atomic E-state index is -1.76. The van der Waals surface area contributed by atoms with Crippen molar-refractivity contribution in [2.45, 2.75) is 12.1 Å². The van der Waals surface area contributed by atoms with Crippen molar-refractivity contribution in [3.63, 3.8) is 0 Å². The van der Waals surface area contributed by atoms with Crippen LogP contribution in [0.4, 0.5) is 4.39 Å². The van der Waals surface area contributed by atoms with Crippen molar-refractivity contribution in [1.82, 2.24) is 4.98 Å². The number of hydrogen-bond donors (Lipinski definition) is 1. The number of carboxylic acids is 1. The summed E-state index contributed by atoms with van der Waals surface area (Å²) in [6.45, 7) is 0. The van der Waals surface area contributed by atoms with Crippen LogP contribution in [0.1, 0.15) is 22.6 Å². The number of hydrogen-bond acceptors (Lipinski definition) is 2. The van der Waals surface area contributed by atoms with Gasteiger partial charge in [0.15, 0.2) is 5.67 Å². The molecule has 1 aromatic heterocycles. The van der Waals surface area contributed by atoms with Gasteiger partial charge in [0.2, 0.25) is 0 Å². The summed E-state index contributed by atoms with van der Waals surface area (Å²) < 4.78 is 15.1. The Labute approximate surface area is 115 Å². The molecule has 1 aliphatic carbocycles. The number of pyridine rings is 1. The Bertz CT molecular complexity index is 751. The van der Waals surface area contributed by atoms with Gasteiger partial charge >= 0.3 is 5.97 Å². The zero-order chi connectivity index (χ0) is 14.2. The van der Waals surface area contributed by atoms with Gasteiger partial charge in [-0.05, 0) is 17.5 Å². The summed E-state index contributed by atoms with van der Waals surface area (Å²) >= 11 is 0. The molecule has 1 unspecified atom stereocenters. The first kappa shape index (κ1) is 12.5. The zero-order valence-electron chi connectivity index (χ0n) is 10.6. The summed E-state index contributed by atoms with van der Waals surface area (Å²) in [6.07, 6.45) is 6.68. The molecule has 4 heteroatoms. The molecule has 1 heterocycles. The van der Waals surface area contributed by atoms with Crippen LogP contribution in [-0.4, -0.2) is 16.1 Å². The number of carboxylic acid groups (broad SMARTS) is 1. The lowest BCUT2D eigenvalue weighted by atomic mass is 9.90. The van der Waals surface area contributed by atoms with Crippen LogP contribution in [0.3, 0.4) is 0 Å². The maximum Gasteiger partial charge on any atom is 0.354 e. The lowest BCUT2D eigenvalue weighted by Crippen LogP contribution is -2.21. The Hall–Kier alpha value is -2.49. The van der Waals surface area contributed by atoms with Crippen molar-refractivity contribution in [2.24, 2.45) is 0 Å². The number of aromatic nitrogens is 1. The van der Waals surface area contributed by atoms with Gasteiger partial charge in [0, 0.05) is 11.8 Å². The number of halogens is 1. The van der Waals surface area contributed by atoms with E-state index < -0.39 is 11.6 Å². The summed E-state index contributed by atoms with van der Waals surface area (Å²) in [7, 11) is 0. The van der Waals surface area contributed by atoms with Gasteiger partial charge in [0.1, 0.15) is 5.69 Å². The summed E-state index contributed by atoms with van der Waals surface area (Å²) in [4.78, 5) is 15.2. The van der Waals surface area contributed by atoms with Gasteiger partial charge in [-0.1, -0.05) is 42.5 Å². The molecule has 0 fully saturated rings. The van der Waals surface area contributed by atoms with E-state index in [1.807, 2.05) is 0 Å². The normalized spacial score (nSPS) is 21.2. The summed E-state index contributed by atoms with van der Waals surface area (Å²) in [5, 5.41) is 10.4. The number of alkyl halides is 1. The van der Waals surface area contributed by atoms with Crippen LogP contribution in [-0.2, 0) is 5.67 Å². The molecule has 0 spiro atoms. The molecule has 0 amide bonds. The summed E-state index contributed by atoms with van der Waals surface area (Å²) in [5.74, 6) is -1.16. The fraction of sp³-hybridized carbons (Fsp3) is 0.125. The number of allylic oxidation sites excluding steroid dienone is 4. The topological polar surface area (TPSA) is 50.2 Å². The van der Waals surface area contributed by atoms with Gasteiger partial charge in [-0.15, -0.1) is 0 Å². The SMILES string of the molecule is O=C(O)c1cc2ccccc2c(C2(F)C=CC=CC2)n1. The fourth-order valence-corrected chi connectivity index (χ4v) is 2.39. The Morgan fingerprint density at radius 1 is 1.30 bits per heavy atom. The number of fused-ring (bicyclic) bond motifs is 1. The smallest absolute Gasteiger partial charge is 0.354 e. The Morgan fingerprint density at radius 2 is 2.10 bits per heavy atom. The third kappa shape index (κ3) is 1.99. The largest absolute Gasteiger partial charge is 0.477 e. The molecule has 0 bridgehead atoms. The lowest BCUT2D eigenvalue weighted by Gasteiger charge is -2.23. The van der Waals surface area contributed by atoms with Crippen LogP contribution in [0, 0.1) is 0 Å². The molecule has 1 aromatic carbocycles. The molecule has 0 saturated heterocycles. The summed E-state index contributed by atoms with van der Waals surface area (Å²) in [5.41, 5.74) is -1.74. The van der Waals surface area contributed by atoms with Crippen LogP contribution < -0.4 is 0 Å². The third-order valence-electron chi connectivity index (χ3n) is 3.38.